The molecule has 0 spiro atoms. The van der Waals surface area contributed by atoms with Crippen LogP contribution in [0.15, 0.2) is 34.6 Å². The summed E-state index contributed by atoms with van der Waals surface area (Å²) < 4.78 is 11.6. The van der Waals surface area contributed by atoms with Crippen molar-refractivity contribution in [1.29, 1.82) is 0 Å². The van der Waals surface area contributed by atoms with Crippen molar-refractivity contribution < 1.29 is 9.47 Å². The molecule has 0 amide bonds. The molecule has 1 atom stereocenters. The van der Waals surface area contributed by atoms with E-state index in [4.69, 9.17) is 14.5 Å². The van der Waals surface area contributed by atoms with E-state index in [1.807, 2.05) is 0 Å². The zero-order chi connectivity index (χ0) is 19.8. The van der Waals surface area contributed by atoms with Crippen LogP contribution in [0.25, 0.3) is 0 Å². The fraction of sp³-hybridized carbons (Fsp3) is 0.500. The van der Waals surface area contributed by atoms with Crippen molar-refractivity contribution in [2.45, 2.75) is 40.3 Å². The minimum Gasteiger partial charge on any atom is -0.493 e. The highest BCUT2D eigenvalue weighted by Gasteiger charge is 2.17. The van der Waals surface area contributed by atoms with E-state index in [-0.39, 0.29) is 0 Å². The van der Waals surface area contributed by atoms with Crippen molar-refractivity contribution in [2.75, 3.05) is 26.4 Å². The molecular formula is C22H31N3O2S. The number of aliphatic imine (C=N–C) groups is 1. The lowest BCUT2D eigenvalue weighted by molar-refractivity contribution is 0.166. The van der Waals surface area contributed by atoms with Gasteiger partial charge >= 0.3 is 0 Å². The second kappa shape index (κ2) is 10.5. The maximum absolute atomic E-state index is 6.14. The summed E-state index contributed by atoms with van der Waals surface area (Å²) in [6.45, 7) is 10.9. The van der Waals surface area contributed by atoms with Crippen molar-refractivity contribution in [3.63, 3.8) is 0 Å². The molecule has 2 aromatic rings. The van der Waals surface area contributed by atoms with Gasteiger partial charge in [0.15, 0.2) is 5.96 Å². The lowest BCUT2D eigenvalue weighted by Gasteiger charge is -2.15. The van der Waals surface area contributed by atoms with E-state index in [1.165, 1.54) is 16.0 Å². The van der Waals surface area contributed by atoms with E-state index in [0.29, 0.717) is 19.1 Å². The molecule has 0 aliphatic carbocycles. The number of thiophene rings is 1. The number of nitrogens with one attached hydrogen (secondary N) is 2. The molecule has 3 rings (SSSR count). The predicted octanol–water partition coefficient (Wildman–Crippen LogP) is 4.04. The number of hydrogen-bond donors (Lipinski definition) is 2. The fourth-order valence-electron chi connectivity index (χ4n) is 3.10. The lowest BCUT2D eigenvalue weighted by Crippen LogP contribution is -2.36. The van der Waals surface area contributed by atoms with Gasteiger partial charge in [-0.15, -0.1) is 11.3 Å². The van der Waals surface area contributed by atoms with Crippen molar-refractivity contribution >= 4 is 17.3 Å². The number of aryl methyl sites for hydroxylation is 2. The number of benzene rings is 1. The predicted molar refractivity (Wildman–Crippen MR) is 116 cm³/mol. The summed E-state index contributed by atoms with van der Waals surface area (Å²) in [5, 5.41) is 8.89. The average Bonchev–Trinajstić information content (AvgIpc) is 3.35. The van der Waals surface area contributed by atoms with Gasteiger partial charge in [0.1, 0.15) is 5.75 Å². The Morgan fingerprint density at radius 1 is 1.29 bits per heavy atom. The monoisotopic (exact) mass is 401 g/mol. The lowest BCUT2D eigenvalue weighted by atomic mass is 10.1. The summed E-state index contributed by atoms with van der Waals surface area (Å²) in [6.07, 6.45) is 1.08. The number of ether oxygens (including phenoxy) is 2. The first-order chi connectivity index (χ1) is 13.7. The van der Waals surface area contributed by atoms with Gasteiger partial charge in [-0.1, -0.05) is 12.1 Å². The van der Waals surface area contributed by atoms with Crippen LogP contribution in [-0.4, -0.2) is 32.3 Å². The fourth-order valence-corrected chi connectivity index (χ4v) is 3.95. The molecule has 28 heavy (non-hydrogen) atoms. The van der Waals surface area contributed by atoms with Crippen LogP contribution in [0.1, 0.15) is 34.9 Å². The van der Waals surface area contributed by atoms with Crippen LogP contribution in [-0.2, 0) is 17.8 Å². The normalized spacial score (nSPS) is 17.0. The van der Waals surface area contributed by atoms with E-state index in [0.717, 1.165) is 50.0 Å². The van der Waals surface area contributed by atoms with Crippen LogP contribution in [0.2, 0.25) is 0 Å². The first kappa shape index (κ1) is 20.7. The average molecular weight is 402 g/mol. The van der Waals surface area contributed by atoms with Gasteiger partial charge in [-0.25, -0.2) is 4.99 Å². The number of hydrogen-bond acceptors (Lipinski definition) is 4. The number of rotatable bonds is 8. The summed E-state index contributed by atoms with van der Waals surface area (Å²) in [6, 6.07) is 8.49. The Bertz CT molecular complexity index is 782. The van der Waals surface area contributed by atoms with E-state index in [2.05, 4.69) is 61.1 Å². The first-order valence-corrected chi connectivity index (χ1v) is 10.9. The second-order valence-electron chi connectivity index (χ2n) is 7.23. The smallest absolute Gasteiger partial charge is 0.191 e. The Morgan fingerprint density at radius 3 is 2.89 bits per heavy atom. The van der Waals surface area contributed by atoms with Gasteiger partial charge in [-0.05, 0) is 55.8 Å². The summed E-state index contributed by atoms with van der Waals surface area (Å²) in [4.78, 5) is 6.11. The molecule has 0 radical (unpaired) electrons. The van der Waals surface area contributed by atoms with E-state index in [1.54, 1.807) is 11.3 Å². The van der Waals surface area contributed by atoms with Gasteiger partial charge < -0.3 is 20.1 Å². The number of guanidine groups is 1. The molecule has 1 aromatic carbocycles. The van der Waals surface area contributed by atoms with E-state index < -0.39 is 0 Å². The molecule has 1 aromatic heterocycles. The molecule has 0 saturated carbocycles. The third kappa shape index (κ3) is 5.97. The van der Waals surface area contributed by atoms with Crippen LogP contribution in [0, 0.1) is 19.8 Å². The standard InChI is InChI=1S/C22H31N3O2S/c1-4-23-22(25-13-21-17(3)8-10-28-21)24-12-19-6-5-16(2)11-20(19)27-15-18-7-9-26-14-18/h5-6,8,10-11,18H,4,7,9,12-15H2,1-3H3,(H2,23,24,25). The SMILES string of the molecule is CCNC(=NCc1ccc(C)cc1OCC1CCOC1)NCc1sccc1C. The van der Waals surface area contributed by atoms with Crippen LogP contribution >= 0.6 is 11.3 Å². The zero-order valence-electron chi connectivity index (χ0n) is 17.1. The van der Waals surface area contributed by atoms with E-state index >= 15 is 0 Å². The third-order valence-electron chi connectivity index (χ3n) is 4.86. The van der Waals surface area contributed by atoms with Gasteiger partial charge in [0.25, 0.3) is 0 Å². The maximum Gasteiger partial charge on any atom is 0.191 e. The second-order valence-corrected chi connectivity index (χ2v) is 8.23. The van der Waals surface area contributed by atoms with Crippen molar-refractivity contribution in [1.82, 2.24) is 10.6 Å². The summed E-state index contributed by atoms with van der Waals surface area (Å²) in [7, 11) is 0. The summed E-state index contributed by atoms with van der Waals surface area (Å²) in [5.74, 6) is 2.25. The zero-order valence-corrected chi connectivity index (χ0v) is 17.9. The molecule has 1 unspecified atom stereocenters. The van der Waals surface area contributed by atoms with Gasteiger partial charge in [0.05, 0.1) is 26.3 Å². The molecule has 2 N–H and O–H groups in total. The molecule has 0 bridgehead atoms. The molecule has 6 heteroatoms. The Kier molecular flexibility index (Phi) is 7.74. The van der Waals surface area contributed by atoms with E-state index in [9.17, 15) is 0 Å². The van der Waals surface area contributed by atoms with Gasteiger partial charge in [-0.3, -0.25) is 0 Å². The highest BCUT2D eigenvalue weighted by atomic mass is 32.1. The topological polar surface area (TPSA) is 54.9 Å². The molecule has 1 fully saturated rings. The Morgan fingerprint density at radius 2 is 2.18 bits per heavy atom. The minimum atomic E-state index is 0.491. The largest absolute Gasteiger partial charge is 0.493 e. The Hall–Kier alpha value is -2.05. The number of nitrogens with zero attached hydrogens (tertiary/aromatic N) is 1. The van der Waals surface area contributed by atoms with Gasteiger partial charge in [-0.2, -0.15) is 0 Å². The van der Waals surface area contributed by atoms with Gasteiger partial charge in [0, 0.05) is 29.5 Å². The summed E-state index contributed by atoms with van der Waals surface area (Å²) in [5.41, 5.74) is 3.62. The maximum atomic E-state index is 6.14. The highest BCUT2D eigenvalue weighted by Crippen LogP contribution is 2.23. The first-order valence-electron chi connectivity index (χ1n) is 10.0. The van der Waals surface area contributed by atoms with Crippen molar-refractivity contribution in [2.24, 2.45) is 10.9 Å². The molecule has 1 aliphatic heterocycles. The van der Waals surface area contributed by atoms with Crippen molar-refractivity contribution in [3.05, 3.63) is 51.2 Å². The minimum absolute atomic E-state index is 0.491. The molecule has 5 nitrogen and oxygen atoms in total. The third-order valence-corrected chi connectivity index (χ3v) is 5.88. The molecule has 1 aliphatic rings. The quantitative estimate of drug-likeness (QED) is 0.518. The van der Waals surface area contributed by atoms with Gasteiger partial charge in [0.2, 0.25) is 0 Å². The van der Waals surface area contributed by atoms with Crippen molar-refractivity contribution in [3.8, 4) is 5.75 Å². The Labute approximate surface area is 172 Å². The summed E-state index contributed by atoms with van der Waals surface area (Å²) >= 11 is 1.77. The van der Waals surface area contributed by atoms with Crippen LogP contribution < -0.4 is 15.4 Å². The molecular weight excluding hydrogens is 370 g/mol. The molecule has 2 heterocycles. The molecule has 1 saturated heterocycles. The molecule has 152 valence electrons. The highest BCUT2D eigenvalue weighted by molar-refractivity contribution is 7.10. The van der Waals surface area contributed by atoms with Crippen LogP contribution in [0.5, 0.6) is 5.75 Å². The van der Waals surface area contributed by atoms with Crippen LogP contribution in [0.3, 0.4) is 0 Å². The Balaban J connectivity index is 1.64. The van der Waals surface area contributed by atoms with Crippen LogP contribution in [0.4, 0.5) is 0 Å².